The number of furan rings is 1. The van der Waals surface area contributed by atoms with Crippen LogP contribution in [0.2, 0.25) is 8.67 Å². The molecule has 1 aliphatic heterocycles. The fourth-order valence-electron chi connectivity index (χ4n) is 2.71. The van der Waals surface area contributed by atoms with Gasteiger partial charge < -0.3 is 9.15 Å². The molecular weight excluding hydrogens is 407 g/mol. The highest BCUT2D eigenvalue weighted by Crippen LogP contribution is 2.34. The standard InChI is InChI=1S/C15H18Cl2N2O4S2/c1-10-2-3-12(23-10)11(19-4-6-22-7-5-19)9-18-25(20,21)13-8-14(16)24-15(13)17/h2-3,8,11,18H,4-7,9H2,1H3. The fourth-order valence-corrected chi connectivity index (χ4v) is 5.89. The van der Waals surface area contributed by atoms with Crippen LogP contribution in [0.25, 0.3) is 0 Å². The van der Waals surface area contributed by atoms with Gasteiger partial charge in [-0.3, -0.25) is 4.90 Å². The number of nitrogens with one attached hydrogen (secondary N) is 1. The van der Waals surface area contributed by atoms with Crippen molar-refractivity contribution in [2.75, 3.05) is 32.8 Å². The van der Waals surface area contributed by atoms with Crippen LogP contribution in [0.4, 0.5) is 0 Å². The summed E-state index contributed by atoms with van der Waals surface area (Å²) in [4.78, 5) is 2.15. The average molecular weight is 425 g/mol. The van der Waals surface area contributed by atoms with Crippen molar-refractivity contribution in [2.24, 2.45) is 0 Å². The van der Waals surface area contributed by atoms with Crippen LogP contribution in [-0.4, -0.2) is 46.2 Å². The second-order valence-electron chi connectivity index (χ2n) is 5.65. The van der Waals surface area contributed by atoms with Crippen molar-refractivity contribution in [3.63, 3.8) is 0 Å². The maximum Gasteiger partial charge on any atom is 0.243 e. The summed E-state index contributed by atoms with van der Waals surface area (Å²) in [6.07, 6.45) is 0. The summed E-state index contributed by atoms with van der Waals surface area (Å²) in [5, 5.41) is 0. The maximum absolute atomic E-state index is 12.6. The fraction of sp³-hybridized carbons (Fsp3) is 0.467. The Kier molecular flexibility index (Phi) is 6.10. The quantitative estimate of drug-likeness (QED) is 0.769. The zero-order valence-electron chi connectivity index (χ0n) is 13.5. The first-order chi connectivity index (χ1) is 11.9. The SMILES string of the molecule is Cc1ccc(C(CNS(=O)(=O)c2cc(Cl)sc2Cl)N2CCOCC2)o1. The largest absolute Gasteiger partial charge is 0.465 e. The molecule has 0 aliphatic carbocycles. The second-order valence-corrected chi connectivity index (χ2v) is 9.67. The third-order valence-electron chi connectivity index (χ3n) is 3.96. The summed E-state index contributed by atoms with van der Waals surface area (Å²) in [5.41, 5.74) is 0. The van der Waals surface area contributed by atoms with Gasteiger partial charge in [-0.1, -0.05) is 23.2 Å². The van der Waals surface area contributed by atoms with Gasteiger partial charge in [0.25, 0.3) is 0 Å². The smallest absolute Gasteiger partial charge is 0.243 e. The first-order valence-electron chi connectivity index (χ1n) is 7.69. The Morgan fingerprint density at radius 1 is 1.32 bits per heavy atom. The van der Waals surface area contributed by atoms with E-state index < -0.39 is 10.0 Å². The highest BCUT2D eigenvalue weighted by Gasteiger charge is 2.28. The highest BCUT2D eigenvalue weighted by atomic mass is 35.5. The molecule has 2 aromatic heterocycles. The number of aryl methyl sites for hydroxylation is 1. The molecule has 138 valence electrons. The van der Waals surface area contributed by atoms with Crippen LogP contribution in [0.1, 0.15) is 17.6 Å². The average Bonchev–Trinajstić information content (AvgIpc) is 3.14. The van der Waals surface area contributed by atoms with Gasteiger partial charge in [0.2, 0.25) is 10.0 Å². The highest BCUT2D eigenvalue weighted by molar-refractivity contribution is 7.89. The molecule has 1 fully saturated rings. The lowest BCUT2D eigenvalue weighted by Crippen LogP contribution is -2.43. The molecule has 3 rings (SSSR count). The number of ether oxygens (including phenoxy) is 1. The van der Waals surface area contributed by atoms with Crippen molar-refractivity contribution in [1.29, 1.82) is 0 Å². The third-order valence-corrected chi connectivity index (χ3v) is 7.13. The van der Waals surface area contributed by atoms with E-state index in [1.54, 1.807) is 0 Å². The van der Waals surface area contributed by atoms with Gasteiger partial charge in [0.1, 0.15) is 20.8 Å². The molecule has 1 atom stereocenters. The van der Waals surface area contributed by atoms with E-state index in [0.29, 0.717) is 30.6 Å². The van der Waals surface area contributed by atoms with Gasteiger partial charge in [0.05, 0.1) is 23.6 Å². The first kappa shape index (κ1) is 19.2. The number of sulfonamides is 1. The monoisotopic (exact) mass is 424 g/mol. The van der Waals surface area contributed by atoms with Crippen LogP contribution in [0, 0.1) is 6.92 Å². The first-order valence-corrected chi connectivity index (χ1v) is 10.7. The summed E-state index contributed by atoms with van der Waals surface area (Å²) in [7, 11) is -3.76. The molecule has 0 spiro atoms. The number of halogens is 2. The summed E-state index contributed by atoms with van der Waals surface area (Å²) in [5.74, 6) is 1.50. The Hall–Kier alpha value is -0.610. The Labute approximate surface area is 160 Å². The molecule has 10 heteroatoms. The molecule has 3 heterocycles. The maximum atomic E-state index is 12.6. The number of hydrogen-bond acceptors (Lipinski definition) is 6. The van der Waals surface area contributed by atoms with Gasteiger partial charge in [-0.05, 0) is 25.1 Å². The Bertz CT molecular complexity index is 828. The minimum atomic E-state index is -3.76. The lowest BCUT2D eigenvalue weighted by molar-refractivity contribution is 0.0127. The molecule has 0 saturated carbocycles. The van der Waals surface area contributed by atoms with Gasteiger partial charge in [0.15, 0.2) is 0 Å². The number of hydrogen-bond donors (Lipinski definition) is 1. The third kappa shape index (κ3) is 4.57. The van der Waals surface area contributed by atoms with Crippen molar-refractivity contribution < 1.29 is 17.6 Å². The Morgan fingerprint density at radius 3 is 2.60 bits per heavy atom. The molecule has 25 heavy (non-hydrogen) atoms. The van der Waals surface area contributed by atoms with Crippen LogP contribution in [0.3, 0.4) is 0 Å². The lowest BCUT2D eigenvalue weighted by Gasteiger charge is -2.33. The van der Waals surface area contributed by atoms with E-state index in [1.165, 1.54) is 6.07 Å². The predicted octanol–water partition coefficient (Wildman–Crippen LogP) is 3.31. The normalized spacial score (nSPS) is 17.7. The van der Waals surface area contributed by atoms with Crippen molar-refractivity contribution in [1.82, 2.24) is 9.62 Å². The summed E-state index contributed by atoms with van der Waals surface area (Å²) in [6.45, 7) is 4.65. The molecule has 1 aliphatic rings. The van der Waals surface area contributed by atoms with Gasteiger partial charge in [-0.15, -0.1) is 11.3 Å². The van der Waals surface area contributed by atoms with Gasteiger partial charge >= 0.3 is 0 Å². The van der Waals surface area contributed by atoms with Crippen molar-refractivity contribution in [3.05, 3.63) is 38.4 Å². The van der Waals surface area contributed by atoms with Crippen LogP contribution in [0.5, 0.6) is 0 Å². The summed E-state index contributed by atoms with van der Waals surface area (Å²) >= 11 is 12.9. The molecule has 1 N–H and O–H groups in total. The number of morpholine rings is 1. The van der Waals surface area contributed by atoms with Crippen LogP contribution < -0.4 is 4.72 Å². The molecule has 0 aromatic carbocycles. The summed E-state index contributed by atoms with van der Waals surface area (Å²) in [6, 6.07) is 4.88. The molecular formula is C15H18Cl2N2O4S2. The predicted molar refractivity (Wildman–Crippen MR) is 98.1 cm³/mol. The van der Waals surface area contributed by atoms with Gasteiger partial charge in [-0.2, -0.15) is 0 Å². The number of nitrogens with zero attached hydrogens (tertiary/aromatic N) is 1. The molecule has 1 unspecified atom stereocenters. The zero-order chi connectivity index (χ0) is 18.0. The van der Waals surface area contributed by atoms with Crippen molar-refractivity contribution >= 4 is 44.6 Å². The minimum absolute atomic E-state index is 0.000481. The van der Waals surface area contributed by atoms with Gasteiger partial charge in [0, 0.05) is 19.6 Å². The van der Waals surface area contributed by atoms with Crippen molar-refractivity contribution in [3.8, 4) is 0 Å². The molecule has 6 nitrogen and oxygen atoms in total. The van der Waals surface area contributed by atoms with E-state index in [4.69, 9.17) is 32.4 Å². The van der Waals surface area contributed by atoms with Crippen LogP contribution in [-0.2, 0) is 14.8 Å². The number of rotatable bonds is 6. The van der Waals surface area contributed by atoms with Crippen LogP contribution >= 0.6 is 34.5 Å². The van der Waals surface area contributed by atoms with E-state index in [9.17, 15) is 8.42 Å². The van der Waals surface area contributed by atoms with E-state index in [0.717, 1.165) is 22.9 Å². The number of thiophene rings is 1. The van der Waals surface area contributed by atoms with E-state index in [1.807, 2.05) is 19.1 Å². The van der Waals surface area contributed by atoms with Crippen molar-refractivity contribution in [2.45, 2.75) is 17.9 Å². The molecule has 2 aromatic rings. The Morgan fingerprint density at radius 2 is 2.04 bits per heavy atom. The molecule has 0 amide bonds. The summed E-state index contributed by atoms with van der Waals surface area (Å²) < 4.78 is 39.4. The molecule has 0 radical (unpaired) electrons. The topological polar surface area (TPSA) is 71.8 Å². The Balaban J connectivity index is 1.79. The van der Waals surface area contributed by atoms with E-state index >= 15 is 0 Å². The second kappa shape index (κ2) is 7.96. The van der Waals surface area contributed by atoms with Crippen LogP contribution in [0.15, 0.2) is 27.5 Å². The van der Waals surface area contributed by atoms with Gasteiger partial charge in [-0.25, -0.2) is 13.1 Å². The minimum Gasteiger partial charge on any atom is -0.465 e. The zero-order valence-corrected chi connectivity index (χ0v) is 16.6. The van der Waals surface area contributed by atoms with E-state index in [2.05, 4.69) is 9.62 Å². The van der Waals surface area contributed by atoms with E-state index in [-0.39, 0.29) is 21.8 Å². The molecule has 0 bridgehead atoms. The lowest BCUT2D eigenvalue weighted by atomic mass is 10.2. The molecule has 1 saturated heterocycles.